The lowest BCUT2D eigenvalue weighted by Gasteiger charge is -2.19. The molecule has 0 aliphatic heterocycles. The summed E-state index contributed by atoms with van der Waals surface area (Å²) in [6, 6.07) is -0.0624. The molecule has 5 nitrogen and oxygen atoms in total. The van der Waals surface area contributed by atoms with Gasteiger partial charge in [-0.1, -0.05) is 13.8 Å². The van der Waals surface area contributed by atoms with Crippen LogP contribution in [0.3, 0.4) is 0 Å². The van der Waals surface area contributed by atoms with E-state index in [0.717, 1.165) is 12.8 Å². The van der Waals surface area contributed by atoms with Gasteiger partial charge < -0.3 is 15.4 Å². The van der Waals surface area contributed by atoms with Crippen LogP contribution in [0.2, 0.25) is 0 Å². The molecule has 0 aliphatic carbocycles. The second-order valence-electron chi connectivity index (χ2n) is 4.02. The van der Waals surface area contributed by atoms with Crippen LogP contribution < -0.4 is 10.6 Å². The van der Waals surface area contributed by atoms with Gasteiger partial charge in [0.05, 0.1) is 19.6 Å². The van der Waals surface area contributed by atoms with Gasteiger partial charge in [-0.2, -0.15) is 0 Å². The maximum atomic E-state index is 11.7. The van der Waals surface area contributed by atoms with Crippen LogP contribution in [0.4, 0.5) is 0 Å². The predicted octanol–water partition coefficient (Wildman–Crippen LogP) is 0.832. The van der Waals surface area contributed by atoms with Crippen molar-refractivity contribution < 1.29 is 14.3 Å². The highest BCUT2D eigenvalue weighted by molar-refractivity contribution is 5.81. The fourth-order valence-electron chi connectivity index (χ4n) is 1.40. The second kappa shape index (κ2) is 8.98. The molecule has 1 unspecified atom stereocenters. The SMILES string of the molecule is CCC(CC)NC(=O)C(C)NCCC(=O)OC. The van der Waals surface area contributed by atoms with E-state index in [-0.39, 0.29) is 30.4 Å². The quantitative estimate of drug-likeness (QED) is 0.621. The third-order valence-electron chi connectivity index (χ3n) is 2.73. The lowest BCUT2D eigenvalue weighted by atomic mass is 10.1. The Hall–Kier alpha value is -1.10. The molecule has 0 radical (unpaired) electrons. The first kappa shape index (κ1) is 15.9. The number of ether oxygens (including phenoxy) is 1. The number of esters is 1. The van der Waals surface area contributed by atoms with Crippen LogP contribution in [-0.2, 0) is 14.3 Å². The van der Waals surface area contributed by atoms with Crippen LogP contribution in [-0.4, -0.2) is 37.6 Å². The molecule has 0 rings (SSSR count). The molecule has 0 aliphatic rings. The van der Waals surface area contributed by atoms with E-state index in [4.69, 9.17) is 0 Å². The minimum atomic E-state index is -0.291. The molecule has 1 amide bonds. The number of rotatable bonds is 8. The van der Waals surface area contributed by atoms with Crippen molar-refractivity contribution in [3.05, 3.63) is 0 Å². The van der Waals surface area contributed by atoms with Crippen LogP contribution in [0.25, 0.3) is 0 Å². The lowest BCUT2D eigenvalue weighted by molar-refractivity contribution is -0.140. The Kier molecular flexibility index (Phi) is 8.40. The molecular formula is C12H24N2O3. The minimum Gasteiger partial charge on any atom is -0.469 e. The third-order valence-corrected chi connectivity index (χ3v) is 2.73. The predicted molar refractivity (Wildman–Crippen MR) is 66.6 cm³/mol. The maximum absolute atomic E-state index is 11.7. The average molecular weight is 244 g/mol. The van der Waals surface area contributed by atoms with Crippen LogP contribution >= 0.6 is 0 Å². The van der Waals surface area contributed by atoms with E-state index in [2.05, 4.69) is 15.4 Å². The Labute approximate surface area is 103 Å². The zero-order valence-corrected chi connectivity index (χ0v) is 11.2. The highest BCUT2D eigenvalue weighted by Gasteiger charge is 2.15. The number of carbonyl (C=O) groups excluding carboxylic acids is 2. The molecule has 5 heteroatoms. The largest absolute Gasteiger partial charge is 0.469 e. The molecule has 0 bridgehead atoms. The molecule has 0 spiro atoms. The van der Waals surface area contributed by atoms with Crippen molar-refractivity contribution in [3.8, 4) is 0 Å². The number of carbonyl (C=O) groups is 2. The Morgan fingerprint density at radius 2 is 1.82 bits per heavy atom. The summed E-state index contributed by atoms with van der Waals surface area (Å²) in [5.41, 5.74) is 0. The topological polar surface area (TPSA) is 67.4 Å². The van der Waals surface area contributed by atoms with E-state index in [0.29, 0.717) is 6.54 Å². The zero-order valence-electron chi connectivity index (χ0n) is 11.2. The van der Waals surface area contributed by atoms with Gasteiger partial charge in [0.15, 0.2) is 0 Å². The van der Waals surface area contributed by atoms with Gasteiger partial charge >= 0.3 is 5.97 Å². The number of hydrogen-bond acceptors (Lipinski definition) is 4. The normalized spacial score (nSPS) is 12.3. The van der Waals surface area contributed by atoms with Crippen molar-refractivity contribution in [3.63, 3.8) is 0 Å². The maximum Gasteiger partial charge on any atom is 0.306 e. The molecular weight excluding hydrogens is 220 g/mol. The lowest BCUT2D eigenvalue weighted by Crippen LogP contribution is -2.46. The summed E-state index contributed by atoms with van der Waals surface area (Å²) >= 11 is 0. The van der Waals surface area contributed by atoms with Crippen molar-refractivity contribution in [1.29, 1.82) is 0 Å². The first-order chi connectivity index (χ1) is 8.04. The molecule has 100 valence electrons. The Bertz CT molecular complexity index is 240. The molecule has 2 N–H and O–H groups in total. The third kappa shape index (κ3) is 6.94. The number of methoxy groups -OCH3 is 1. The van der Waals surface area contributed by atoms with Crippen molar-refractivity contribution >= 4 is 11.9 Å². The molecule has 17 heavy (non-hydrogen) atoms. The molecule has 0 fully saturated rings. The standard InChI is InChI=1S/C12H24N2O3/c1-5-10(6-2)14-12(16)9(3)13-8-7-11(15)17-4/h9-10,13H,5-8H2,1-4H3,(H,14,16). The monoisotopic (exact) mass is 244 g/mol. The molecule has 0 aromatic carbocycles. The van der Waals surface area contributed by atoms with Crippen molar-refractivity contribution in [2.75, 3.05) is 13.7 Å². The van der Waals surface area contributed by atoms with Gasteiger partial charge in [-0.15, -0.1) is 0 Å². The summed E-state index contributed by atoms with van der Waals surface area (Å²) in [7, 11) is 1.35. The fraction of sp³-hybridized carbons (Fsp3) is 0.833. The van der Waals surface area contributed by atoms with Gasteiger partial charge in [0.25, 0.3) is 0 Å². The van der Waals surface area contributed by atoms with Crippen LogP contribution in [0.15, 0.2) is 0 Å². The van der Waals surface area contributed by atoms with E-state index in [9.17, 15) is 9.59 Å². The Morgan fingerprint density at radius 3 is 2.29 bits per heavy atom. The van der Waals surface area contributed by atoms with E-state index in [1.807, 2.05) is 13.8 Å². The molecule has 0 aromatic heterocycles. The van der Waals surface area contributed by atoms with Gasteiger partial charge in [0.1, 0.15) is 0 Å². The van der Waals surface area contributed by atoms with E-state index in [1.54, 1.807) is 6.92 Å². The molecule has 1 atom stereocenters. The van der Waals surface area contributed by atoms with Gasteiger partial charge in [-0.05, 0) is 19.8 Å². The zero-order chi connectivity index (χ0) is 13.3. The summed E-state index contributed by atoms with van der Waals surface area (Å²) in [5, 5.41) is 5.94. The van der Waals surface area contributed by atoms with Gasteiger partial charge in [-0.25, -0.2) is 0 Å². The minimum absolute atomic E-state index is 0.0245. The number of amides is 1. The summed E-state index contributed by atoms with van der Waals surface area (Å²) < 4.78 is 4.51. The average Bonchev–Trinajstić information content (AvgIpc) is 2.34. The van der Waals surface area contributed by atoms with Crippen molar-refractivity contribution in [2.24, 2.45) is 0 Å². The smallest absolute Gasteiger partial charge is 0.306 e. The van der Waals surface area contributed by atoms with Crippen LogP contribution in [0.1, 0.15) is 40.0 Å². The van der Waals surface area contributed by atoms with Crippen molar-refractivity contribution in [2.45, 2.75) is 52.1 Å². The summed E-state index contributed by atoms with van der Waals surface area (Å²) in [6.07, 6.45) is 2.13. The van der Waals surface area contributed by atoms with E-state index in [1.165, 1.54) is 7.11 Å². The first-order valence-corrected chi connectivity index (χ1v) is 6.15. The van der Waals surface area contributed by atoms with Crippen LogP contribution in [0.5, 0.6) is 0 Å². The summed E-state index contributed by atoms with van der Waals surface area (Å²) in [5.74, 6) is -0.298. The summed E-state index contributed by atoms with van der Waals surface area (Å²) in [6.45, 7) is 6.33. The highest BCUT2D eigenvalue weighted by Crippen LogP contribution is 1.97. The molecule has 0 heterocycles. The molecule has 0 aromatic rings. The summed E-state index contributed by atoms with van der Waals surface area (Å²) in [4.78, 5) is 22.6. The Morgan fingerprint density at radius 1 is 1.24 bits per heavy atom. The first-order valence-electron chi connectivity index (χ1n) is 6.15. The van der Waals surface area contributed by atoms with E-state index < -0.39 is 0 Å². The van der Waals surface area contributed by atoms with Crippen LogP contribution in [0, 0.1) is 0 Å². The van der Waals surface area contributed by atoms with Gasteiger partial charge in [-0.3, -0.25) is 9.59 Å². The molecule has 0 saturated heterocycles. The van der Waals surface area contributed by atoms with Gasteiger partial charge in [0.2, 0.25) is 5.91 Å². The molecule has 0 saturated carbocycles. The highest BCUT2D eigenvalue weighted by atomic mass is 16.5. The Balaban J connectivity index is 3.85. The fourth-order valence-corrected chi connectivity index (χ4v) is 1.40. The number of hydrogen-bond donors (Lipinski definition) is 2. The second-order valence-corrected chi connectivity index (χ2v) is 4.02. The van der Waals surface area contributed by atoms with Crippen molar-refractivity contribution in [1.82, 2.24) is 10.6 Å². The van der Waals surface area contributed by atoms with Gasteiger partial charge in [0, 0.05) is 12.6 Å². The van der Waals surface area contributed by atoms with E-state index >= 15 is 0 Å². The number of nitrogens with one attached hydrogen (secondary N) is 2.